The number of rotatable bonds is 1. The molecule has 0 spiro atoms. The number of nitrogens with zero attached hydrogens (tertiary/aromatic N) is 1. The fraction of sp³-hybridized carbons (Fsp3) is 0.0588. The van der Waals surface area contributed by atoms with Crippen LogP contribution >= 0.6 is 11.6 Å². The van der Waals surface area contributed by atoms with Crippen LogP contribution in [0.2, 0.25) is 5.02 Å². The maximum absolute atomic E-state index is 6.06. The van der Waals surface area contributed by atoms with Crippen LogP contribution in [0.4, 0.5) is 0 Å². The van der Waals surface area contributed by atoms with Crippen LogP contribution in [0.25, 0.3) is 33.1 Å². The normalized spacial score (nSPS) is 11.5. The molecule has 98 valence electrons. The number of fused-ring (bicyclic) bond motifs is 2. The molecule has 2 heterocycles. The van der Waals surface area contributed by atoms with Crippen LogP contribution in [0.3, 0.4) is 0 Å². The number of aromatic nitrogens is 2. The van der Waals surface area contributed by atoms with Crippen molar-refractivity contribution in [3.63, 3.8) is 0 Å². The molecule has 2 aromatic heterocycles. The van der Waals surface area contributed by atoms with Crippen LogP contribution < -0.4 is 0 Å². The zero-order valence-corrected chi connectivity index (χ0v) is 11.8. The summed E-state index contributed by atoms with van der Waals surface area (Å²) >= 11 is 6.06. The highest BCUT2D eigenvalue weighted by Crippen LogP contribution is 2.32. The van der Waals surface area contributed by atoms with Crippen molar-refractivity contribution in [3.8, 4) is 11.3 Å². The van der Waals surface area contributed by atoms with Crippen LogP contribution in [-0.4, -0.2) is 9.55 Å². The maximum Gasteiger partial charge on any atom is 0.0486 e. The Labute approximate surface area is 121 Å². The first kappa shape index (κ1) is 11.6. The third-order valence-electron chi connectivity index (χ3n) is 3.77. The molecule has 0 saturated carbocycles. The van der Waals surface area contributed by atoms with E-state index in [0.29, 0.717) is 0 Å². The smallest absolute Gasteiger partial charge is 0.0486 e. The van der Waals surface area contributed by atoms with Crippen molar-refractivity contribution in [2.24, 2.45) is 7.05 Å². The van der Waals surface area contributed by atoms with Crippen LogP contribution in [-0.2, 0) is 7.05 Å². The van der Waals surface area contributed by atoms with E-state index in [2.05, 4.69) is 53.1 Å². The van der Waals surface area contributed by atoms with Crippen molar-refractivity contribution in [1.82, 2.24) is 9.55 Å². The average Bonchev–Trinajstić information content (AvgIpc) is 3.00. The van der Waals surface area contributed by atoms with Gasteiger partial charge < -0.3 is 9.55 Å². The molecular weight excluding hydrogens is 268 g/mol. The van der Waals surface area contributed by atoms with Gasteiger partial charge in [0.2, 0.25) is 0 Å². The predicted molar refractivity (Wildman–Crippen MR) is 85.2 cm³/mol. The molecule has 0 unspecified atom stereocenters. The molecule has 2 aromatic carbocycles. The van der Waals surface area contributed by atoms with Crippen LogP contribution in [0.15, 0.2) is 54.7 Å². The van der Waals surface area contributed by atoms with E-state index in [0.717, 1.165) is 21.6 Å². The van der Waals surface area contributed by atoms with Crippen molar-refractivity contribution in [2.45, 2.75) is 0 Å². The number of aryl methyl sites for hydroxylation is 1. The van der Waals surface area contributed by atoms with E-state index in [9.17, 15) is 0 Å². The van der Waals surface area contributed by atoms with E-state index < -0.39 is 0 Å². The van der Waals surface area contributed by atoms with Gasteiger partial charge in [-0.15, -0.1) is 0 Å². The average molecular weight is 281 g/mol. The minimum Gasteiger partial charge on any atom is -0.354 e. The van der Waals surface area contributed by atoms with Gasteiger partial charge in [-0.1, -0.05) is 29.8 Å². The molecule has 4 aromatic rings. The quantitative estimate of drug-likeness (QED) is 0.508. The number of H-pyrrole nitrogens is 1. The summed E-state index contributed by atoms with van der Waals surface area (Å²) in [6.07, 6.45) is 2.16. The Balaban J connectivity index is 2.01. The van der Waals surface area contributed by atoms with Crippen molar-refractivity contribution in [1.29, 1.82) is 0 Å². The first-order valence-corrected chi connectivity index (χ1v) is 6.93. The zero-order chi connectivity index (χ0) is 13.7. The van der Waals surface area contributed by atoms with Gasteiger partial charge in [0.05, 0.1) is 0 Å². The SMILES string of the molecule is Cn1cc(-c2cc3cc(Cl)ccc3[nH]2)c2ccccc21. The number of aromatic amines is 1. The number of hydrogen-bond acceptors (Lipinski definition) is 0. The standard InChI is InChI=1S/C17H13ClN2/c1-20-10-14(13-4-2-3-5-17(13)20)16-9-11-8-12(18)6-7-15(11)19-16/h2-10,19H,1H3. The Hall–Kier alpha value is -2.19. The minimum atomic E-state index is 0.765. The molecule has 0 saturated heterocycles. The lowest BCUT2D eigenvalue weighted by molar-refractivity contribution is 0.970. The molecule has 4 rings (SSSR count). The highest BCUT2D eigenvalue weighted by atomic mass is 35.5. The van der Waals surface area contributed by atoms with Crippen molar-refractivity contribution in [2.75, 3.05) is 0 Å². The summed E-state index contributed by atoms with van der Waals surface area (Å²) in [5.41, 5.74) is 4.69. The summed E-state index contributed by atoms with van der Waals surface area (Å²) in [6.45, 7) is 0. The van der Waals surface area contributed by atoms with Gasteiger partial charge in [-0.05, 0) is 30.3 Å². The molecule has 0 atom stereocenters. The summed E-state index contributed by atoms with van der Waals surface area (Å²) in [5.74, 6) is 0. The molecule has 2 nitrogen and oxygen atoms in total. The minimum absolute atomic E-state index is 0.765. The fourth-order valence-electron chi connectivity index (χ4n) is 2.80. The molecule has 0 amide bonds. The van der Waals surface area contributed by atoms with E-state index in [1.54, 1.807) is 0 Å². The predicted octanol–water partition coefficient (Wildman–Crippen LogP) is 4.98. The number of benzene rings is 2. The van der Waals surface area contributed by atoms with Gasteiger partial charge in [0, 0.05) is 51.3 Å². The van der Waals surface area contributed by atoms with Gasteiger partial charge in [-0.3, -0.25) is 0 Å². The Kier molecular flexibility index (Phi) is 2.41. The Morgan fingerprint density at radius 1 is 1.05 bits per heavy atom. The van der Waals surface area contributed by atoms with Crippen molar-refractivity contribution >= 4 is 33.4 Å². The third-order valence-corrected chi connectivity index (χ3v) is 4.01. The molecular formula is C17H13ClN2. The Morgan fingerprint density at radius 2 is 1.90 bits per heavy atom. The summed E-state index contributed by atoms with van der Waals surface area (Å²) < 4.78 is 2.16. The number of para-hydroxylation sites is 1. The molecule has 20 heavy (non-hydrogen) atoms. The van der Waals surface area contributed by atoms with Crippen molar-refractivity contribution in [3.05, 3.63) is 59.8 Å². The summed E-state index contributed by atoms with van der Waals surface area (Å²) in [5, 5.41) is 3.16. The molecule has 0 aliphatic heterocycles. The van der Waals surface area contributed by atoms with Gasteiger partial charge in [0.25, 0.3) is 0 Å². The first-order valence-electron chi connectivity index (χ1n) is 6.55. The van der Waals surface area contributed by atoms with E-state index in [-0.39, 0.29) is 0 Å². The molecule has 0 fully saturated rings. The molecule has 0 bridgehead atoms. The van der Waals surface area contributed by atoms with E-state index in [1.165, 1.54) is 16.5 Å². The lowest BCUT2D eigenvalue weighted by Gasteiger charge is -1.95. The van der Waals surface area contributed by atoms with E-state index in [1.807, 2.05) is 18.2 Å². The largest absolute Gasteiger partial charge is 0.354 e. The van der Waals surface area contributed by atoms with Gasteiger partial charge >= 0.3 is 0 Å². The van der Waals surface area contributed by atoms with Gasteiger partial charge in [0.15, 0.2) is 0 Å². The Morgan fingerprint density at radius 3 is 2.80 bits per heavy atom. The highest BCUT2D eigenvalue weighted by molar-refractivity contribution is 6.31. The third kappa shape index (κ3) is 1.65. The molecule has 0 aliphatic carbocycles. The van der Waals surface area contributed by atoms with Gasteiger partial charge in [0.1, 0.15) is 0 Å². The molecule has 0 aliphatic rings. The topological polar surface area (TPSA) is 20.7 Å². The van der Waals surface area contributed by atoms with Crippen molar-refractivity contribution < 1.29 is 0 Å². The van der Waals surface area contributed by atoms with Crippen LogP contribution in [0, 0.1) is 0 Å². The molecule has 1 N–H and O–H groups in total. The maximum atomic E-state index is 6.06. The second kappa shape index (κ2) is 4.15. The van der Waals surface area contributed by atoms with Crippen LogP contribution in [0.1, 0.15) is 0 Å². The van der Waals surface area contributed by atoms with Gasteiger partial charge in [-0.25, -0.2) is 0 Å². The second-order valence-electron chi connectivity index (χ2n) is 5.09. The highest BCUT2D eigenvalue weighted by Gasteiger charge is 2.10. The zero-order valence-electron chi connectivity index (χ0n) is 11.0. The van der Waals surface area contributed by atoms with Crippen LogP contribution in [0.5, 0.6) is 0 Å². The lowest BCUT2D eigenvalue weighted by Crippen LogP contribution is -1.81. The number of halogens is 1. The van der Waals surface area contributed by atoms with E-state index >= 15 is 0 Å². The fourth-order valence-corrected chi connectivity index (χ4v) is 2.99. The summed E-state index contributed by atoms with van der Waals surface area (Å²) in [7, 11) is 2.07. The van der Waals surface area contributed by atoms with E-state index in [4.69, 9.17) is 11.6 Å². The molecule has 3 heteroatoms. The number of hydrogen-bond donors (Lipinski definition) is 1. The first-order chi connectivity index (χ1) is 9.72. The van der Waals surface area contributed by atoms with Gasteiger partial charge in [-0.2, -0.15) is 0 Å². The summed E-state index contributed by atoms with van der Waals surface area (Å²) in [6, 6.07) is 16.5. The lowest BCUT2D eigenvalue weighted by atomic mass is 10.1. The summed E-state index contributed by atoms with van der Waals surface area (Å²) in [4.78, 5) is 3.47. The molecule has 0 radical (unpaired) electrons. The number of nitrogens with one attached hydrogen (secondary N) is 1. The monoisotopic (exact) mass is 280 g/mol. The Bertz CT molecular complexity index is 931. The second-order valence-corrected chi connectivity index (χ2v) is 5.52.